The number of fused-ring (bicyclic) bond motifs is 1. The Balaban J connectivity index is 2.04. The minimum absolute atomic E-state index is 0.228. The van der Waals surface area contributed by atoms with Gasteiger partial charge in [0.2, 0.25) is 5.89 Å². The van der Waals surface area contributed by atoms with E-state index in [-0.39, 0.29) is 5.11 Å². The van der Waals surface area contributed by atoms with Gasteiger partial charge in [0.05, 0.1) is 0 Å². The van der Waals surface area contributed by atoms with Crippen molar-refractivity contribution in [1.29, 1.82) is 0 Å². The predicted octanol–water partition coefficient (Wildman–Crippen LogP) is 3.46. The molecular formula is C15H13N3OS. The van der Waals surface area contributed by atoms with Crippen molar-refractivity contribution in [2.45, 2.75) is 6.92 Å². The molecule has 3 aromatic rings. The molecule has 0 aliphatic rings. The summed E-state index contributed by atoms with van der Waals surface area (Å²) in [5.41, 5.74) is 9.89. The molecule has 1 aromatic heterocycles. The van der Waals surface area contributed by atoms with Gasteiger partial charge in [0, 0.05) is 11.3 Å². The maximum atomic E-state index is 5.77. The van der Waals surface area contributed by atoms with Gasteiger partial charge in [-0.15, -0.1) is 0 Å². The third-order valence-corrected chi connectivity index (χ3v) is 3.02. The van der Waals surface area contributed by atoms with Crippen molar-refractivity contribution in [3.63, 3.8) is 0 Å². The lowest BCUT2D eigenvalue weighted by atomic mass is 10.1. The molecular weight excluding hydrogens is 270 g/mol. The molecule has 4 nitrogen and oxygen atoms in total. The highest BCUT2D eigenvalue weighted by atomic mass is 32.1. The highest BCUT2D eigenvalue weighted by Crippen LogP contribution is 2.26. The van der Waals surface area contributed by atoms with E-state index in [2.05, 4.69) is 10.3 Å². The van der Waals surface area contributed by atoms with Crippen LogP contribution < -0.4 is 11.1 Å². The van der Waals surface area contributed by atoms with Crippen LogP contribution in [0, 0.1) is 6.92 Å². The van der Waals surface area contributed by atoms with Gasteiger partial charge < -0.3 is 15.5 Å². The van der Waals surface area contributed by atoms with Crippen LogP contribution >= 0.6 is 12.2 Å². The molecule has 0 saturated heterocycles. The largest absolute Gasteiger partial charge is 0.436 e. The summed E-state index contributed by atoms with van der Waals surface area (Å²) in [7, 11) is 0. The molecule has 3 N–H and O–H groups in total. The number of anilines is 1. The van der Waals surface area contributed by atoms with Gasteiger partial charge in [0.1, 0.15) is 5.52 Å². The summed E-state index contributed by atoms with van der Waals surface area (Å²) in [5.74, 6) is 0.608. The summed E-state index contributed by atoms with van der Waals surface area (Å²) >= 11 is 4.82. The number of nitrogens with two attached hydrogens (primary N) is 1. The van der Waals surface area contributed by atoms with Crippen LogP contribution in [0.15, 0.2) is 46.9 Å². The SMILES string of the molecule is Cc1cccc(-c2nc3cc(NC(N)=S)ccc3o2)c1. The van der Waals surface area contributed by atoms with Crippen LogP contribution in [0.25, 0.3) is 22.6 Å². The van der Waals surface area contributed by atoms with Crippen LogP contribution in [-0.4, -0.2) is 10.1 Å². The lowest BCUT2D eigenvalue weighted by Crippen LogP contribution is -2.18. The normalized spacial score (nSPS) is 10.7. The predicted molar refractivity (Wildman–Crippen MR) is 84.6 cm³/mol. The van der Waals surface area contributed by atoms with Gasteiger partial charge in [-0.3, -0.25) is 0 Å². The number of thiocarbonyl (C=S) groups is 1. The molecule has 0 fully saturated rings. The zero-order valence-corrected chi connectivity index (χ0v) is 11.7. The van der Waals surface area contributed by atoms with Crippen molar-refractivity contribution >= 4 is 34.1 Å². The minimum atomic E-state index is 0.228. The summed E-state index contributed by atoms with van der Waals surface area (Å²) in [4.78, 5) is 4.50. The average molecular weight is 283 g/mol. The van der Waals surface area contributed by atoms with E-state index in [0.29, 0.717) is 5.89 Å². The molecule has 0 unspecified atom stereocenters. The van der Waals surface area contributed by atoms with Crippen molar-refractivity contribution in [3.05, 3.63) is 48.0 Å². The molecule has 5 heteroatoms. The number of benzene rings is 2. The summed E-state index contributed by atoms with van der Waals surface area (Å²) in [6.07, 6.45) is 0. The molecule has 0 amide bonds. The molecule has 0 aliphatic heterocycles. The van der Waals surface area contributed by atoms with E-state index in [9.17, 15) is 0 Å². The summed E-state index contributed by atoms with van der Waals surface area (Å²) in [6, 6.07) is 13.6. The maximum Gasteiger partial charge on any atom is 0.227 e. The van der Waals surface area contributed by atoms with Crippen LogP contribution in [-0.2, 0) is 0 Å². The topological polar surface area (TPSA) is 64.1 Å². The lowest BCUT2D eigenvalue weighted by molar-refractivity contribution is 0.620. The molecule has 1 heterocycles. The molecule has 3 rings (SSSR count). The number of nitrogens with zero attached hydrogens (tertiary/aromatic N) is 1. The fourth-order valence-corrected chi connectivity index (χ4v) is 2.17. The molecule has 0 bridgehead atoms. The number of nitrogens with one attached hydrogen (secondary N) is 1. The third-order valence-electron chi connectivity index (χ3n) is 2.92. The molecule has 2 aromatic carbocycles. The first-order valence-electron chi connectivity index (χ1n) is 6.16. The molecule has 100 valence electrons. The smallest absolute Gasteiger partial charge is 0.227 e. The first-order valence-corrected chi connectivity index (χ1v) is 6.57. The summed E-state index contributed by atoms with van der Waals surface area (Å²) in [6.45, 7) is 2.04. The quantitative estimate of drug-likeness (QED) is 0.705. The Morgan fingerprint density at radius 3 is 2.85 bits per heavy atom. The number of hydrogen-bond acceptors (Lipinski definition) is 3. The standard InChI is InChI=1S/C15H13N3OS/c1-9-3-2-4-10(7-9)14-18-12-8-11(17-15(16)20)5-6-13(12)19-14/h2-8H,1H3,(H3,16,17,20). The number of hydrogen-bond donors (Lipinski definition) is 2. The highest BCUT2D eigenvalue weighted by Gasteiger charge is 2.09. The lowest BCUT2D eigenvalue weighted by Gasteiger charge is -2.01. The molecule has 0 saturated carbocycles. The van der Waals surface area contributed by atoms with Crippen molar-refractivity contribution < 1.29 is 4.42 Å². The Labute approximate surface area is 121 Å². The van der Waals surface area contributed by atoms with Gasteiger partial charge in [-0.2, -0.15) is 0 Å². The van der Waals surface area contributed by atoms with Gasteiger partial charge in [-0.25, -0.2) is 4.98 Å². The van der Waals surface area contributed by atoms with Crippen molar-refractivity contribution in [1.82, 2.24) is 4.98 Å². The Hall–Kier alpha value is -2.40. The van der Waals surface area contributed by atoms with Gasteiger partial charge in [-0.05, 0) is 49.5 Å². The van der Waals surface area contributed by atoms with E-state index >= 15 is 0 Å². The maximum absolute atomic E-state index is 5.77. The Bertz CT molecular complexity index is 795. The number of aryl methyl sites for hydroxylation is 1. The van der Waals surface area contributed by atoms with Crippen molar-refractivity contribution in [2.75, 3.05) is 5.32 Å². The average Bonchev–Trinajstić information content (AvgIpc) is 2.81. The summed E-state index contributed by atoms with van der Waals surface area (Å²) in [5, 5.41) is 3.11. The van der Waals surface area contributed by atoms with Gasteiger partial charge in [-0.1, -0.05) is 17.7 Å². The van der Waals surface area contributed by atoms with Crippen molar-refractivity contribution in [3.8, 4) is 11.5 Å². The minimum Gasteiger partial charge on any atom is -0.436 e. The first-order chi connectivity index (χ1) is 9.61. The van der Waals surface area contributed by atoms with Gasteiger partial charge in [0.25, 0.3) is 0 Å². The molecule has 0 spiro atoms. The van der Waals surface area contributed by atoms with E-state index in [1.54, 1.807) is 0 Å². The van der Waals surface area contributed by atoms with E-state index in [1.807, 2.05) is 49.4 Å². The number of oxazole rings is 1. The number of aromatic nitrogens is 1. The number of rotatable bonds is 2. The third kappa shape index (κ3) is 2.48. The highest BCUT2D eigenvalue weighted by molar-refractivity contribution is 7.80. The second-order valence-electron chi connectivity index (χ2n) is 4.56. The Kier molecular flexibility index (Phi) is 3.12. The zero-order valence-electron chi connectivity index (χ0n) is 10.9. The Morgan fingerprint density at radius 1 is 1.25 bits per heavy atom. The van der Waals surface area contributed by atoms with Gasteiger partial charge >= 0.3 is 0 Å². The molecule has 20 heavy (non-hydrogen) atoms. The van der Waals surface area contributed by atoms with E-state index < -0.39 is 0 Å². The fraction of sp³-hybridized carbons (Fsp3) is 0.0667. The van der Waals surface area contributed by atoms with Gasteiger partial charge in [0.15, 0.2) is 10.7 Å². The molecule has 0 radical (unpaired) electrons. The first kappa shape index (κ1) is 12.6. The van der Waals surface area contributed by atoms with E-state index in [4.69, 9.17) is 22.4 Å². The Morgan fingerprint density at radius 2 is 2.10 bits per heavy atom. The van der Waals surface area contributed by atoms with Crippen LogP contribution in [0.4, 0.5) is 5.69 Å². The second-order valence-corrected chi connectivity index (χ2v) is 5.00. The zero-order chi connectivity index (χ0) is 14.1. The molecule has 0 atom stereocenters. The van der Waals surface area contributed by atoms with Crippen LogP contribution in [0.3, 0.4) is 0 Å². The monoisotopic (exact) mass is 283 g/mol. The molecule has 0 aliphatic carbocycles. The second kappa shape index (κ2) is 4.94. The van der Waals surface area contributed by atoms with Crippen molar-refractivity contribution in [2.24, 2.45) is 5.73 Å². The van der Waals surface area contributed by atoms with Crippen LogP contribution in [0.2, 0.25) is 0 Å². The van der Waals surface area contributed by atoms with E-state index in [1.165, 1.54) is 5.56 Å². The van der Waals surface area contributed by atoms with E-state index in [0.717, 1.165) is 22.4 Å². The summed E-state index contributed by atoms with van der Waals surface area (Å²) < 4.78 is 5.77. The fourth-order valence-electron chi connectivity index (χ4n) is 2.05. The van der Waals surface area contributed by atoms with Crippen LogP contribution in [0.5, 0.6) is 0 Å². The van der Waals surface area contributed by atoms with Crippen LogP contribution in [0.1, 0.15) is 5.56 Å².